The van der Waals surface area contributed by atoms with E-state index >= 15 is 0 Å². The molecule has 0 bridgehead atoms. The summed E-state index contributed by atoms with van der Waals surface area (Å²) in [5, 5.41) is 0. The largest absolute Gasteiger partial charge is 0.399 e. The van der Waals surface area contributed by atoms with Crippen molar-refractivity contribution in [1.82, 2.24) is 0 Å². The molecule has 0 saturated carbocycles. The number of hydrogen-bond donors (Lipinski definition) is 1. The van der Waals surface area contributed by atoms with Crippen LogP contribution in [-0.4, -0.2) is 5.78 Å². The molecule has 2 N–H and O–H groups in total. The van der Waals surface area contributed by atoms with Gasteiger partial charge in [0.15, 0.2) is 5.78 Å². The first kappa shape index (κ1) is 11.5. The van der Waals surface area contributed by atoms with E-state index in [1.807, 2.05) is 44.2 Å². The Labute approximate surface area is 90.8 Å². The van der Waals surface area contributed by atoms with Gasteiger partial charge in [0.2, 0.25) is 0 Å². The average molecular weight is 203 g/mol. The Balaban J connectivity index is 2.57. The lowest BCUT2D eigenvalue weighted by Crippen LogP contribution is -1.98. The third kappa shape index (κ3) is 4.45. The maximum absolute atomic E-state index is 11.4. The Morgan fingerprint density at radius 3 is 2.47 bits per heavy atom. The van der Waals surface area contributed by atoms with E-state index < -0.39 is 0 Å². The van der Waals surface area contributed by atoms with Crippen LogP contribution in [0.1, 0.15) is 25.8 Å². The molecule has 0 spiro atoms. The quantitative estimate of drug-likeness (QED) is 0.604. The van der Waals surface area contributed by atoms with Gasteiger partial charge in [0.25, 0.3) is 0 Å². The van der Waals surface area contributed by atoms with E-state index in [0.717, 1.165) is 11.3 Å². The van der Waals surface area contributed by atoms with Crippen LogP contribution in [-0.2, 0) is 4.79 Å². The molecule has 0 heterocycles. The fourth-order valence-electron chi connectivity index (χ4n) is 1.27. The molecule has 0 aliphatic carbocycles. The Morgan fingerprint density at radius 1 is 1.33 bits per heavy atom. The summed E-state index contributed by atoms with van der Waals surface area (Å²) in [4.78, 5) is 11.4. The number of allylic oxidation sites excluding steroid dienone is 1. The molecule has 15 heavy (non-hydrogen) atoms. The van der Waals surface area contributed by atoms with Gasteiger partial charge < -0.3 is 5.73 Å². The molecule has 1 aromatic rings. The highest BCUT2D eigenvalue weighted by Crippen LogP contribution is 2.08. The zero-order chi connectivity index (χ0) is 11.3. The van der Waals surface area contributed by atoms with Crippen LogP contribution in [0.3, 0.4) is 0 Å². The van der Waals surface area contributed by atoms with Crippen LogP contribution in [0.15, 0.2) is 30.3 Å². The second-order valence-corrected chi connectivity index (χ2v) is 4.06. The summed E-state index contributed by atoms with van der Waals surface area (Å²) in [5.41, 5.74) is 7.30. The van der Waals surface area contributed by atoms with Crippen LogP contribution in [0.5, 0.6) is 0 Å². The molecule has 2 heteroatoms. The maximum Gasteiger partial charge on any atom is 0.155 e. The minimum atomic E-state index is 0.168. The molecule has 2 nitrogen and oxygen atoms in total. The molecule has 0 unspecified atom stereocenters. The van der Waals surface area contributed by atoms with Crippen LogP contribution in [0.4, 0.5) is 5.69 Å². The lowest BCUT2D eigenvalue weighted by molar-refractivity contribution is -0.115. The number of ketones is 1. The van der Waals surface area contributed by atoms with E-state index in [-0.39, 0.29) is 5.78 Å². The number of carbonyl (C=O) groups excluding carboxylic acids is 1. The highest BCUT2D eigenvalue weighted by Gasteiger charge is 2.00. The van der Waals surface area contributed by atoms with E-state index in [2.05, 4.69) is 0 Å². The van der Waals surface area contributed by atoms with Crippen molar-refractivity contribution < 1.29 is 4.79 Å². The summed E-state index contributed by atoms with van der Waals surface area (Å²) >= 11 is 0. The Morgan fingerprint density at radius 2 is 1.93 bits per heavy atom. The van der Waals surface area contributed by atoms with Gasteiger partial charge in [-0.15, -0.1) is 0 Å². The zero-order valence-corrected chi connectivity index (χ0v) is 9.23. The van der Waals surface area contributed by atoms with Gasteiger partial charge in [0.1, 0.15) is 0 Å². The van der Waals surface area contributed by atoms with Gasteiger partial charge in [-0.2, -0.15) is 0 Å². The molecule has 0 aliphatic heterocycles. The minimum Gasteiger partial charge on any atom is -0.399 e. The molecule has 0 aliphatic rings. The van der Waals surface area contributed by atoms with Crippen LogP contribution in [0.25, 0.3) is 6.08 Å². The molecule has 0 aromatic heterocycles. The first-order valence-electron chi connectivity index (χ1n) is 5.14. The summed E-state index contributed by atoms with van der Waals surface area (Å²) in [6, 6.07) is 7.45. The average Bonchev–Trinajstić information content (AvgIpc) is 2.16. The molecule has 0 amide bonds. The molecule has 80 valence electrons. The summed E-state index contributed by atoms with van der Waals surface area (Å²) < 4.78 is 0. The van der Waals surface area contributed by atoms with Crippen molar-refractivity contribution in [2.24, 2.45) is 5.92 Å². The van der Waals surface area contributed by atoms with Gasteiger partial charge in [-0.1, -0.05) is 32.1 Å². The first-order chi connectivity index (χ1) is 7.08. The van der Waals surface area contributed by atoms with Crippen LogP contribution in [0, 0.1) is 5.92 Å². The van der Waals surface area contributed by atoms with Crippen molar-refractivity contribution in [3.05, 3.63) is 35.9 Å². The summed E-state index contributed by atoms with van der Waals surface area (Å²) in [6.45, 7) is 4.07. The molecule has 0 fully saturated rings. The molecular weight excluding hydrogens is 186 g/mol. The van der Waals surface area contributed by atoms with Gasteiger partial charge in [-0.25, -0.2) is 0 Å². The van der Waals surface area contributed by atoms with Gasteiger partial charge >= 0.3 is 0 Å². The molecule has 0 radical (unpaired) electrons. The second-order valence-electron chi connectivity index (χ2n) is 4.06. The first-order valence-corrected chi connectivity index (χ1v) is 5.14. The number of rotatable bonds is 4. The number of nitrogens with two attached hydrogens (primary N) is 1. The number of carbonyl (C=O) groups is 1. The fraction of sp³-hybridized carbons (Fsp3) is 0.308. The number of anilines is 1. The van der Waals surface area contributed by atoms with Gasteiger partial charge in [-0.05, 0) is 29.7 Å². The summed E-state index contributed by atoms with van der Waals surface area (Å²) in [6.07, 6.45) is 4.06. The third-order valence-electron chi connectivity index (χ3n) is 2.01. The topological polar surface area (TPSA) is 43.1 Å². The highest BCUT2D eigenvalue weighted by atomic mass is 16.1. The van der Waals surface area contributed by atoms with E-state index in [1.165, 1.54) is 0 Å². The zero-order valence-electron chi connectivity index (χ0n) is 9.23. The van der Waals surface area contributed by atoms with E-state index in [1.54, 1.807) is 6.08 Å². The summed E-state index contributed by atoms with van der Waals surface area (Å²) in [5.74, 6) is 0.579. The van der Waals surface area contributed by atoms with E-state index in [4.69, 9.17) is 5.73 Å². The number of hydrogen-bond acceptors (Lipinski definition) is 2. The molecule has 1 rings (SSSR count). The SMILES string of the molecule is CC(C)CC(=O)/C=C/c1ccc(N)cc1. The second kappa shape index (κ2) is 5.35. The smallest absolute Gasteiger partial charge is 0.155 e. The van der Waals surface area contributed by atoms with Crippen LogP contribution < -0.4 is 5.73 Å². The predicted molar refractivity (Wildman–Crippen MR) is 64.4 cm³/mol. The molecule has 0 saturated heterocycles. The van der Waals surface area contributed by atoms with Gasteiger partial charge in [0.05, 0.1) is 0 Å². The number of benzene rings is 1. The molecule has 1 aromatic carbocycles. The maximum atomic E-state index is 11.4. The van der Waals surface area contributed by atoms with Crippen LogP contribution in [0.2, 0.25) is 0 Å². The molecule has 0 atom stereocenters. The Hall–Kier alpha value is -1.57. The lowest BCUT2D eigenvalue weighted by atomic mass is 10.1. The predicted octanol–water partition coefficient (Wildman–Crippen LogP) is 2.90. The molecular formula is C13H17NO. The van der Waals surface area contributed by atoms with E-state index in [9.17, 15) is 4.79 Å². The van der Waals surface area contributed by atoms with Gasteiger partial charge in [-0.3, -0.25) is 4.79 Å². The van der Waals surface area contributed by atoms with Crippen molar-refractivity contribution in [2.45, 2.75) is 20.3 Å². The minimum absolute atomic E-state index is 0.168. The summed E-state index contributed by atoms with van der Waals surface area (Å²) in [7, 11) is 0. The standard InChI is InChI=1S/C13H17NO/c1-10(2)9-13(15)8-5-11-3-6-12(14)7-4-11/h3-8,10H,9,14H2,1-2H3/b8-5+. The lowest BCUT2D eigenvalue weighted by Gasteiger charge is -1.99. The van der Waals surface area contributed by atoms with Gasteiger partial charge in [0, 0.05) is 12.1 Å². The van der Waals surface area contributed by atoms with E-state index in [0.29, 0.717) is 12.3 Å². The third-order valence-corrected chi connectivity index (χ3v) is 2.01. The van der Waals surface area contributed by atoms with Crippen molar-refractivity contribution in [3.63, 3.8) is 0 Å². The van der Waals surface area contributed by atoms with Crippen molar-refractivity contribution in [1.29, 1.82) is 0 Å². The Kier molecular flexibility index (Phi) is 4.10. The normalized spacial score (nSPS) is 11.1. The fourth-order valence-corrected chi connectivity index (χ4v) is 1.27. The highest BCUT2D eigenvalue weighted by molar-refractivity contribution is 5.93. The number of nitrogen functional groups attached to an aromatic ring is 1. The monoisotopic (exact) mass is 203 g/mol. The van der Waals surface area contributed by atoms with Crippen LogP contribution >= 0.6 is 0 Å². The van der Waals surface area contributed by atoms with Crippen molar-refractivity contribution in [3.8, 4) is 0 Å². The Bertz CT molecular complexity index is 349. The van der Waals surface area contributed by atoms with Crippen molar-refractivity contribution >= 4 is 17.5 Å². The van der Waals surface area contributed by atoms with Crippen molar-refractivity contribution in [2.75, 3.05) is 5.73 Å².